The lowest BCUT2D eigenvalue weighted by Gasteiger charge is -2.22. The van der Waals surface area contributed by atoms with Crippen LogP contribution in [0.15, 0.2) is 18.2 Å². The molecule has 0 saturated heterocycles. The largest absolute Gasteiger partial charge is 0.462 e. The Balaban J connectivity index is 1.50. The predicted octanol–water partition coefficient (Wildman–Crippen LogP) is 5.66. The van der Waals surface area contributed by atoms with Crippen molar-refractivity contribution in [2.45, 2.75) is 58.7 Å². The third-order valence-electron chi connectivity index (χ3n) is 5.74. The molecule has 0 aromatic heterocycles. The van der Waals surface area contributed by atoms with Gasteiger partial charge in [0.15, 0.2) is 0 Å². The second-order valence-electron chi connectivity index (χ2n) is 7.82. The maximum Gasteiger partial charge on any atom is 0.310 e. The van der Waals surface area contributed by atoms with Gasteiger partial charge in [0, 0.05) is 21.5 Å². The number of rotatable bonds is 6. The van der Waals surface area contributed by atoms with Gasteiger partial charge in [0.2, 0.25) is 0 Å². The molecular weight excluding hydrogens is 359 g/mol. The van der Waals surface area contributed by atoms with E-state index < -0.39 is 0 Å². The van der Waals surface area contributed by atoms with Crippen molar-refractivity contribution in [1.82, 2.24) is 0 Å². The minimum atomic E-state index is -0.0734. The van der Waals surface area contributed by atoms with Crippen molar-refractivity contribution in [3.63, 3.8) is 0 Å². The zero-order chi connectivity index (χ0) is 18.0. The van der Waals surface area contributed by atoms with E-state index in [1.54, 1.807) is 12.1 Å². The van der Waals surface area contributed by atoms with E-state index in [0.29, 0.717) is 23.3 Å². The number of carbonyl (C=O) groups excluding carboxylic acids is 1. The summed E-state index contributed by atoms with van der Waals surface area (Å²) < 4.78 is 11.6. The Bertz CT molecular complexity index is 603. The standard InChI is InChI=1S/C20H26Cl2O3/c1-20(2)15(12-24-11-14-16(21)9-6-10-17(14)22)18(20)19(23)25-13-7-4-3-5-8-13/h6,9-10,13,15,18H,3-5,7-8,11-12H2,1-2H3. The molecule has 2 saturated carbocycles. The Hall–Kier alpha value is -0.770. The monoisotopic (exact) mass is 384 g/mol. The summed E-state index contributed by atoms with van der Waals surface area (Å²) in [5.74, 6) is 0.0577. The quantitative estimate of drug-likeness (QED) is 0.593. The van der Waals surface area contributed by atoms with Crippen LogP contribution in [-0.4, -0.2) is 18.7 Å². The molecule has 2 unspecified atom stereocenters. The summed E-state index contributed by atoms with van der Waals surface area (Å²) in [6.45, 7) is 5.08. The highest BCUT2D eigenvalue weighted by molar-refractivity contribution is 6.35. The zero-order valence-corrected chi connectivity index (χ0v) is 16.4. The molecule has 0 amide bonds. The maximum atomic E-state index is 12.5. The molecular formula is C20H26Cl2O3. The first-order valence-electron chi connectivity index (χ1n) is 9.12. The minimum Gasteiger partial charge on any atom is -0.462 e. The van der Waals surface area contributed by atoms with Gasteiger partial charge in [0.25, 0.3) is 0 Å². The van der Waals surface area contributed by atoms with Gasteiger partial charge in [-0.25, -0.2) is 0 Å². The average Bonchev–Trinajstić information content (AvgIpc) is 3.12. The summed E-state index contributed by atoms with van der Waals surface area (Å²) in [4.78, 5) is 12.5. The zero-order valence-electron chi connectivity index (χ0n) is 14.9. The molecule has 2 aliphatic carbocycles. The predicted molar refractivity (Wildman–Crippen MR) is 99.8 cm³/mol. The number of benzene rings is 1. The molecule has 0 N–H and O–H groups in total. The molecule has 2 aliphatic rings. The van der Waals surface area contributed by atoms with Gasteiger partial charge in [-0.3, -0.25) is 4.79 Å². The number of carbonyl (C=O) groups is 1. The van der Waals surface area contributed by atoms with E-state index in [4.69, 9.17) is 32.7 Å². The number of esters is 1. The topological polar surface area (TPSA) is 35.5 Å². The van der Waals surface area contributed by atoms with Gasteiger partial charge in [-0.05, 0) is 43.2 Å². The van der Waals surface area contributed by atoms with Crippen molar-refractivity contribution < 1.29 is 14.3 Å². The first-order chi connectivity index (χ1) is 11.9. The second-order valence-corrected chi connectivity index (χ2v) is 8.63. The summed E-state index contributed by atoms with van der Waals surface area (Å²) in [5, 5.41) is 1.21. The molecule has 25 heavy (non-hydrogen) atoms. The van der Waals surface area contributed by atoms with Crippen LogP contribution in [0.2, 0.25) is 10.0 Å². The molecule has 5 heteroatoms. The summed E-state index contributed by atoms with van der Waals surface area (Å²) >= 11 is 12.3. The Morgan fingerprint density at radius 2 is 1.80 bits per heavy atom. The second kappa shape index (κ2) is 7.85. The lowest BCUT2D eigenvalue weighted by atomic mass is 9.98. The van der Waals surface area contributed by atoms with Crippen LogP contribution in [-0.2, 0) is 20.9 Å². The molecule has 0 aliphatic heterocycles. The van der Waals surface area contributed by atoms with Crippen LogP contribution in [0.25, 0.3) is 0 Å². The molecule has 2 atom stereocenters. The van der Waals surface area contributed by atoms with Crippen LogP contribution < -0.4 is 0 Å². The molecule has 2 fully saturated rings. The molecule has 3 rings (SSSR count). The average molecular weight is 385 g/mol. The Morgan fingerprint density at radius 1 is 1.16 bits per heavy atom. The van der Waals surface area contributed by atoms with Gasteiger partial charge in [-0.2, -0.15) is 0 Å². The fourth-order valence-corrected chi connectivity index (χ4v) is 4.41. The number of halogens is 2. The minimum absolute atomic E-state index is 0.0544. The van der Waals surface area contributed by atoms with Crippen molar-refractivity contribution in [1.29, 1.82) is 0 Å². The number of hydrogen-bond acceptors (Lipinski definition) is 3. The molecule has 0 radical (unpaired) electrons. The van der Waals surface area contributed by atoms with Crippen molar-refractivity contribution in [2.75, 3.05) is 6.61 Å². The maximum absolute atomic E-state index is 12.5. The van der Waals surface area contributed by atoms with E-state index in [2.05, 4.69) is 13.8 Å². The van der Waals surface area contributed by atoms with E-state index in [1.807, 2.05) is 6.07 Å². The van der Waals surface area contributed by atoms with Crippen LogP contribution in [0, 0.1) is 17.3 Å². The SMILES string of the molecule is CC1(C)C(COCc2c(Cl)cccc2Cl)C1C(=O)OC1CCCCC1. The van der Waals surface area contributed by atoms with Gasteiger partial charge in [0.05, 0.1) is 19.1 Å². The normalized spacial score (nSPS) is 25.6. The Morgan fingerprint density at radius 3 is 2.44 bits per heavy atom. The summed E-state index contributed by atoms with van der Waals surface area (Å²) in [6.07, 6.45) is 5.70. The van der Waals surface area contributed by atoms with Crippen LogP contribution in [0.3, 0.4) is 0 Å². The van der Waals surface area contributed by atoms with Crippen LogP contribution in [0.4, 0.5) is 0 Å². The Kier molecular flexibility index (Phi) is 5.97. The molecule has 0 bridgehead atoms. The van der Waals surface area contributed by atoms with E-state index in [1.165, 1.54) is 6.42 Å². The highest BCUT2D eigenvalue weighted by Crippen LogP contribution is 2.59. The fraction of sp³-hybridized carbons (Fsp3) is 0.650. The fourth-order valence-electron chi connectivity index (χ4n) is 3.90. The molecule has 0 heterocycles. The first-order valence-corrected chi connectivity index (χ1v) is 9.88. The molecule has 1 aromatic carbocycles. The van der Waals surface area contributed by atoms with Crippen molar-refractivity contribution in [3.05, 3.63) is 33.8 Å². The molecule has 138 valence electrons. The van der Waals surface area contributed by atoms with Crippen molar-refractivity contribution in [3.8, 4) is 0 Å². The van der Waals surface area contributed by atoms with Crippen LogP contribution in [0.5, 0.6) is 0 Å². The first kappa shape index (κ1) is 19.0. The number of ether oxygens (including phenoxy) is 2. The summed E-state index contributed by atoms with van der Waals surface area (Å²) in [7, 11) is 0. The van der Waals surface area contributed by atoms with Gasteiger partial charge in [0.1, 0.15) is 6.10 Å². The van der Waals surface area contributed by atoms with E-state index in [-0.39, 0.29) is 29.3 Å². The van der Waals surface area contributed by atoms with Crippen molar-refractivity contribution >= 4 is 29.2 Å². The van der Waals surface area contributed by atoms with E-state index >= 15 is 0 Å². The third-order valence-corrected chi connectivity index (χ3v) is 6.45. The van der Waals surface area contributed by atoms with Gasteiger partial charge < -0.3 is 9.47 Å². The Labute approximate surface area is 160 Å². The lowest BCUT2D eigenvalue weighted by molar-refractivity contribution is -0.153. The van der Waals surface area contributed by atoms with E-state index in [0.717, 1.165) is 31.2 Å². The van der Waals surface area contributed by atoms with Gasteiger partial charge in [-0.15, -0.1) is 0 Å². The summed E-state index contributed by atoms with van der Waals surface area (Å²) in [6, 6.07) is 5.42. The smallest absolute Gasteiger partial charge is 0.310 e. The van der Waals surface area contributed by atoms with E-state index in [9.17, 15) is 4.79 Å². The highest BCUT2D eigenvalue weighted by atomic mass is 35.5. The molecule has 1 aromatic rings. The highest BCUT2D eigenvalue weighted by Gasteiger charge is 2.62. The van der Waals surface area contributed by atoms with Gasteiger partial charge >= 0.3 is 5.97 Å². The van der Waals surface area contributed by atoms with Crippen LogP contribution >= 0.6 is 23.2 Å². The number of hydrogen-bond donors (Lipinski definition) is 0. The third kappa shape index (κ3) is 4.32. The molecule has 3 nitrogen and oxygen atoms in total. The van der Waals surface area contributed by atoms with Crippen molar-refractivity contribution in [2.24, 2.45) is 17.3 Å². The molecule has 0 spiro atoms. The van der Waals surface area contributed by atoms with Crippen LogP contribution in [0.1, 0.15) is 51.5 Å². The van der Waals surface area contributed by atoms with Gasteiger partial charge in [-0.1, -0.05) is 49.5 Å². The summed E-state index contributed by atoms with van der Waals surface area (Å²) in [5.41, 5.74) is 0.723. The lowest BCUT2D eigenvalue weighted by Crippen LogP contribution is -2.23.